The summed E-state index contributed by atoms with van der Waals surface area (Å²) in [5.74, 6) is 1.03. The Morgan fingerprint density at radius 2 is 2.00 bits per heavy atom. The molecule has 0 aliphatic heterocycles. The maximum absolute atomic E-state index is 2.61. The number of nitrogens with zero attached hydrogens (tertiary/aromatic N) is 1. The second-order valence-corrected chi connectivity index (χ2v) is 3.71. The fourth-order valence-electron chi connectivity index (χ4n) is 1.81. The molecule has 1 nitrogen and oxygen atoms in total. The molecule has 0 spiro atoms. The van der Waals surface area contributed by atoms with Gasteiger partial charge < -0.3 is 4.90 Å². The van der Waals surface area contributed by atoms with Crippen LogP contribution >= 0.6 is 0 Å². The summed E-state index contributed by atoms with van der Waals surface area (Å²) >= 11 is 0. The van der Waals surface area contributed by atoms with Crippen molar-refractivity contribution < 1.29 is 0 Å². The third-order valence-electron chi connectivity index (χ3n) is 2.80. The summed E-state index contributed by atoms with van der Waals surface area (Å²) in [5.41, 5.74) is 0. The Morgan fingerprint density at radius 3 is 2.36 bits per heavy atom. The number of hydrogen-bond donors (Lipinski definition) is 0. The summed E-state index contributed by atoms with van der Waals surface area (Å²) in [6.07, 6.45) is 4.24. The molecule has 0 amide bonds. The third kappa shape index (κ3) is 2.48. The van der Waals surface area contributed by atoms with Crippen LogP contribution in [-0.2, 0) is 0 Å². The predicted octanol–water partition coefficient (Wildman–Crippen LogP) is 2.52. The highest BCUT2D eigenvalue weighted by Crippen LogP contribution is 2.34. The van der Waals surface area contributed by atoms with E-state index in [1.54, 1.807) is 0 Å². The maximum Gasteiger partial charge on any atom is 0.00950 e. The monoisotopic (exact) mass is 155 g/mol. The first-order chi connectivity index (χ1) is 5.29. The zero-order chi connectivity index (χ0) is 8.27. The highest BCUT2D eigenvalue weighted by Gasteiger charge is 2.30. The van der Waals surface area contributed by atoms with E-state index in [9.17, 15) is 0 Å². The summed E-state index contributed by atoms with van der Waals surface area (Å²) in [6.45, 7) is 9.44. The second kappa shape index (κ2) is 4.10. The first kappa shape index (κ1) is 9.05. The Morgan fingerprint density at radius 1 is 1.36 bits per heavy atom. The van der Waals surface area contributed by atoms with Gasteiger partial charge in [0.2, 0.25) is 0 Å². The minimum absolute atomic E-state index is 0.847. The Kier molecular flexibility index (Phi) is 3.38. The normalized spacial score (nSPS) is 20.7. The van der Waals surface area contributed by atoms with Gasteiger partial charge in [-0.05, 0) is 45.2 Å². The van der Waals surface area contributed by atoms with Gasteiger partial charge in [-0.25, -0.2) is 0 Å². The lowest BCUT2D eigenvalue weighted by Crippen LogP contribution is -2.34. The highest BCUT2D eigenvalue weighted by atomic mass is 15.1. The first-order valence-corrected chi connectivity index (χ1v) is 5.03. The van der Waals surface area contributed by atoms with Gasteiger partial charge in [0, 0.05) is 6.04 Å². The summed E-state index contributed by atoms with van der Waals surface area (Å²) in [6, 6.07) is 0.847. The molecule has 1 heteroatoms. The molecule has 0 aromatic rings. The van der Waals surface area contributed by atoms with Crippen LogP contribution in [0.15, 0.2) is 0 Å². The molecule has 1 aliphatic rings. The summed E-state index contributed by atoms with van der Waals surface area (Å²) in [7, 11) is 0. The Labute approximate surface area is 70.8 Å². The molecule has 0 bridgehead atoms. The Hall–Kier alpha value is -0.0400. The smallest absolute Gasteiger partial charge is 0.00950 e. The van der Waals surface area contributed by atoms with Gasteiger partial charge in [0.1, 0.15) is 0 Å². The van der Waals surface area contributed by atoms with Crippen LogP contribution in [-0.4, -0.2) is 24.0 Å². The molecule has 66 valence electrons. The van der Waals surface area contributed by atoms with E-state index in [-0.39, 0.29) is 0 Å². The fourth-order valence-corrected chi connectivity index (χ4v) is 1.81. The molecule has 0 N–H and O–H groups in total. The van der Waals surface area contributed by atoms with Crippen LogP contribution < -0.4 is 0 Å². The molecular formula is C10H21N. The lowest BCUT2D eigenvalue weighted by Gasteiger charge is -2.27. The molecule has 0 aromatic heterocycles. The van der Waals surface area contributed by atoms with Gasteiger partial charge in [0.15, 0.2) is 0 Å². The SMILES string of the molecule is CCCN(CC)C(C)C1CC1. The standard InChI is InChI=1S/C10H21N/c1-4-8-11(5-2)9(3)10-6-7-10/h9-10H,4-8H2,1-3H3. The molecule has 1 saturated carbocycles. The van der Waals surface area contributed by atoms with Crippen molar-refractivity contribution in [1.29, 1.82) is 0 Å². The predicted molar refractivity (Wildman–Crippen MR) is 49.7 cm³/mol. The quantitative estimate of drug-likeness (QED) is 0.589. The van der Waals surface area contributed by atoms with Crippen molar-refractivity contribution in [3.05, 3.63) is 0 Å². The molecule has 1 rings (SSSR count). The lowest BCUT2D eigenvalue weighted by molar-refractivity contribution is 0.200. The van der Waals surface area contributed by atoms with Gasteiger partial charge in [-0.1, -0.05) is 13.8 Å². The van der Waals surface area contributed by atoms with Crippen LogP contribution in [0.5, 0.6) is 0 Å². The van der Waals surface area contributed by atoms with Gasteiger partial charge in [0.05, 0.1) is 0 Å². The van der Waals surface area contributed by atoms with Crippen molar-refractivity contribution in [1.82, 2.24) is 4.90 Å². The number of hydrogen-bond acceptors (Lipinski definition) is 1. The van der Waals surface area contributed by atoms with Gasteiger partial charge in [-0.15, -0.1) is 0 Å². The van der Waals surface area contributed by atoms with Crippen LogP contribution in [0.4, 0.5) is 0 Å². The molecule has 1 aliphatic carbocycles. The molecule has 1 fully saturated rings. The summed E-state index contributed by atoms with van der Waals surface area (Å²) < 4.78 is 0. The average Bonchev–Trinajstić information content (AvgIpc) is 2.81. The second-order valence-electron chi connectivity index (χ2n) is 3.71. The van der Waals surface area contributed by atoms with Crippen molar-refractivity contribution in [3.63, 3.8) is 0 Å². The van der Waals surface area contributed by atoms with E-state index in [0.717, 1.165) is 12.0 Å². The fraction of sp³-hybridized carbons (Fsp3) is 1.00. The summed E-state index contributed by atoms with van der Waals surface area (Å²) in [5, 5.41) is 0. The van der Waals surface area contributed by atoms with Crippen molar-refractivity contribution in [2.24, 2.45) is 5.92 Å². The number of rotatable bonds is 5. The summed E-state index contributed by atoms with van der Waals surface area (Å²) in [4.78, 5) is 2.61. The lowest BCUT2D eigenvalue weighted by atomic mass is 10.2. The van der Waals surface area contributed by atoms with Crippen LogP contribution in [0.1, 0.15) is 40.0 Å². The van der Waals surface area contributed by atoms with E-state index < -0.39 is 0 Å². The van der Waals surface area contributed by atoms with E-state index in [1.807, 2.05) is 0 Å². The van der Waals surface area contributed by atoms with Gasteiger partial charge in [-0.3, -0.25) is 0 Å². The van der Waals surface area contributed by atoms with E-state index in [0.29, 0.717) is 0 Å². The Bertz CT molecular complexity index is 107. The van der Waals surface area contributed by atoms with Crippen LogP contribution in [0.3, 0.4) is 0 Å². The van der Waals surface area contributed by atoms with E-state index in [1.165, 1.54) is 32.4 Å². The third-order valence-corrected chi connectivity index (χ3v) is 2.80. The van der Waals surface area contributed by atoms with Crippen LogP contribution in [0, 0.1) is 5.92 Å². The molecule has 0 saturated heterocycles. The van der Waals surface area contributed by atoms with E-state index >= 15 is 0 Å². The van der Waals surface area contributed by atoms with Crippen molar-refractivity contribution >= 4 is 0 Å². The van der Waals surface area contributed by atoms with E-state index in [4.69, 9.17) is 0 Å². The zero-order valence-electron chi connectivity index (χ0n) is 8.14. The molecule has 1 unspecified atom stereocenters. The Balaban J connectivity index is 2.26. The molecule has 0 heterocycles. The van der Waals surface area contributed by atoms with Crippen molar-refractivity contribution in [2.45, 2.75) is 46.1 Å². The minimum Gasteiger partial charge on any atom is -0.301 e. The average molecular weight is 155 g/mol. The largest absolute Gasteiger partial charge is 0.301 e. The molecule has 11 heavy (non-hydrogen) atoms. The highest BCUT2D eigenvalue weighted by molar-refractivity contribution is 4.84. The van der Waals surface area contributed by atoms with Crippen LogP contribution in [0.2, 0.25) is 0 Å². The molecule has 0 aromatic carbocycles. The van der Waals surface area contributed by atoms with Crippen molar-refractivity contribution in [2.75, 3.05) is 13.1 Å². The zero-order valence-corrected chi connectivity index (χ0v) is 8.14. The van der Waals surface area contributed by atoms with Gasteiger partial charge in [-0.2, -0.15) is 0 Å². The van der Waals surface area contributed by atoms with Gasteiger partial charge >= 0.3 is 0 Å². The van der Waals surface area contributed by atoms with Crippen molar-refractivity contribution in [3.8, 4) is 0 Å². The molecular weight excluding hydrogens is 134 g/mol. The van der Waals surface area contributed by atoms with Gasteiger partial charge in [0.25, 0.3) is 0 Å². The van der Waals surface area contributed by atoms with Crippen LogP contribution in [0.25, 0.3) is 0 Å². The maximum atomic E-state index is 2.61. The molecule has 1 atom stereocenters. The molecule has 0 radical (unpaired) electrons. The van der Waals surface area contributed by atoms with E-state index in [2.05, 4.69) is 25.7 Å². The first-order valence-electron chi connectivity index (χ1n) is 5.03. The minimum atomic E-state index is 0.847. The topological polar surface area (TPSA) is 3.24 Å².